The number of carbonyl (C=O) groups excluding carboxylic acids is 1. The third-order valence-electron chi connectivity index (χ3n) is 3.60. The number of esters is 1. The van der Waals surface area contributed by atoms with Crippen molar-refractivity contribution < 1.29 is 14.6 Å². The number of hydrogen-bond donors (Lipinski definition) is 1. The number of aromatic hydroxyl groups is 1. The van der Waals surface area contributed by atoms with E-state index < -0.39 is 11.6 Å². The summed E-state index contributed by atoms with van der Waals surface area (Å²) in [7, 11) is 0. The van der Waals surface area contributed by atoms with Crippen molar-refractivity contribution in [1.29, 1.82) is 0 Å². The fourth-order valence-electron chi connectivity index (χ4n) is 2.63. The van der Waals surface area contributed by atoms with Crippen LogP contribution in [0.15, 0.2) is 18.2 Å². The molecule has 22 heavy (non-hydrogen) atoms. The smallest absolute Gasteiger partial charge is 0.359 e. The average Bonchev–Trinajstić information content (AvgIpc) is 2.68. The number of aryl methyl sites for hydroxylation is 2. The highest BCUT2D eigenvalue weighted by atomic mass is 16.6. The Kier molecular flexibility index (Phi) is 4.50. The predicted molar refractivity (Wildman–Crippen MR) is 88.4 cm³/mol. The zero-order valence-electron chi connectivity index (χ0n) is 14.1. The van der Waals surface area contributed by atoms with Crippen molar-refractivity contribution in [3.63, 3.8) is 0 Å². The van der Waals surface area contributed by atoms with Gasteiger partial charge in [0.2, 0.25) is 0 Å². The van der Waals surface area contributed by atoms with Crippen LogP contribution in [0.25, 0.3) is 10.9 Å². The molecule has 0 aliphatic rings. The van der Waals surface area contributed by atoms with Gasteiger partial charge in [-0.1, -0.05) is 25.5 Å². The van der Waals surface area contributed by atoms with Crippen LogP contribution in [0.2, 0.25) is 0 Å². The van der Waals surface area contributed by atoms with Crippen molar-refractivity contribution in [2.24, 2.45) is 0 Å². The number of hydrogen-bond acceptors (Lipinski definition) is 3. The maximum absolute atomic E-state index is 12.5. The number of ether oxygens (including phenoxy) is 1. The monoisotopic (exact) mass is 303 g/mol. The van der Waals surface area contributed by atoms with E-state index in [1.54, 1.807) is 0 Å². The second kappa shape index (κ2) is 6.03. The molecule has 1 aromatic heterocycles. The molecule has 2 rings (SSSR count). The first-order valence-electron chi connectivity index (χ1n) is 7.80. The Morgan fingerprint density at radius 1 is 1.32 bits per heavy atom. The van der Waals surface area contributed by atoms with Crippen LogP contribution in [0.3, 0.4) is 0 Å². The lowest BCUT2D eigenvalue weighted by Gasteiger charge is -2.20. The molecule has 0 atom stereocenters. The van der Waals surface area contributed by atoms with Gasteiger partial charge in [0.1, 0.15) is 5.60 Å². The van der Waals surface area contributed by atoms with E-state index in [0.717, 1.165) is 29.3 Å². The summed E-state index contributed by atoms with van der Waals surface area (Å²) >= 11 is 0. The molecule has 2 aromatic rings. The molecule has 0 bridgehead atoms. The van der Waals surface area contributed by atoms with Gasteiger partial charge in [0.15, 0.2) is 11.4 Å². The van der Waals surface area contributed by atoms with Gasteiger partial charge in [0.05, 0.1) is 5.52 Å². The summed E-state index contributed by atoms with van der Waals surface area (Å²) in [6, 6.07) is 5.81. The molecule has 120 valence electrons. The standard InChI is InChI=1S/C18H25NO3/c1-6-7-11-19-13-10-8-9-12(2)14(13)16(20)15(19)17(21)22-18(3,4)5/h8-10,20H,6-7,11H2,1-5H3. The van der Waals surface area contributed by atoms with Gasteiger partial charge in [0, 0.05) is 11.9 Å². The van der Waals surface area contributed by atoms with Crippen LogP contribution in [0.5, 0.6) is 5.75 Å². The quantitative estimate of drug-likeness (QED) is 0.851. The molecular weight excluding hydrogens is 278 g/mol. The van der Waals surface area contributed by atoms with Gasteiger partial charge >= 0.3 is 5.97 Å². The van der Waals surface area contributed by atoms with Crippen molar-refractivity contribution >= 4 is 16.9 Å². The molecule has 0 saturated carbocycles. The number of unbranched alkanes of at least 4 members (excludes halogenated alkanes) is 1. The third kappa shape index (κ3) is 3.11. The van der Waals surface area contributed by atoms with Gasteiger partial charge in [-0.25, -0.2) is 4.79 Å². The molecule has 0 amide bonds. The second-order valence-corrected chi connectivity index (χ2v) is 6.67. The van der Waals surface area contributed by atoms with Crippen molar-refractivity contribution in [1.82, 2.24) is 4.57 Å². The highest BCUT2D eigenvalue weighted by molar-refractivity contribution is 6.02. The Bertz CT molecular complexity index is 692. The number of rotatable bonds is 4. The summed E-state index contributed by atoms with van der Waals surface area (Å²) in [4.78, 5) is 12.5. The van der Waals surface area contributed by atoms with Gasteiger partial charge in [-0.05, 0) is 45.7 Å². The SMILES string of the molecule is CCCCn1c(C(=O)OC(C)(C)C)c(O)c2c(C)cccc21. The summed E-state index contributed by atoms with van der Waals surface area (Å²) in [5, 5.41) is 11.3. The van der Waals surface area contributed by atoms with Crippen LogP contribution in [-0.2, 0) is 11.3 Å². The predicted octanol–water partition coefficient (Wildman–Crippen LogP) is 4.41. The fourth-order valence-corrected chi connectivity index (χ4v) is 2.63. The van der Waals surface area contributed by atoms with E-state index in [9.17, 15) is 9.90 Å². The molecule has 0 saturated heterocycles. The normalized spacial score (nSPS) is 11.9. The fraction of sp³-hybridized carbons (Fsp3) is 0.500. The van der Waals surface area contributed by atoms with Gasteiger partial charge in [-0.15, -0.1) is 0 Å². The van der Waals surface area contributed by atoms with Crippen molar-refractivity contribution in [2.75, 3.05) is 0 Å². The average molecular weight is 303 g/mol. The second-order valence-electron chi connectivity index (χ2n) is 6.67. The van der Waals surface area contributed by atoms with Crippen molar-refractivity contribution in [3.05, 3.63) is 29.5 Å². The highest BCUT2D eigenvalue weighted by Gasteiger charge is 2.27. The van der Waals surface area contributed by atoms with Crippen LogP contribution in [0.1, 0.15) is 56.6 Å². The maximum Gasteiger partial charge on any atom is 0.359 e. The lowest BCUT2D eigenvalue weighted by molar-refractivity contribution is 0.00552. The molecule has 4 heteroatoms. The topological polar surface area (TPSA) is 51.5 Å². The zero-order chi connectivity index (χ0) is 16.5. The molecule has 1 N–H and O–H groups in total. The molecule has 0 aliphatic heterocycles. The third-order valence-corrected chi connectivity index (χ3v) is 3.60. The molecule has 0 radical (unpaired) electrons. The maximum atomic E-state index is 12.5. The summed E-state index contributed by atoms with van der Waals surface area (Å²) < 4.78 is 7.36. The molecule has 1 aromatic carbocycles. The van der Waals surface area contributed by atoms with Crippen LogP contribution < -0.4 is 0 Å². The summed E-state index contributed by atoms with van der Waals surface area (Å²) in [5.74, 6) is -0.449. The van der Waals surface area contributed by atoms with Crippen molar-refractivity contribution in [3.8, 4) is 5.75 Å². The van der Waals surface area contributed by atoms with E-state index in [1.165, 1.54) is 0 Å². The Labute approximate surface area is 131 Å². The van der Waals surface area contributed by atoms with Gasteiger partial charge < -0.3 is 14.4 Å². The summed E-state index contributed by atoms with van der Waals surface area (Å²) in [6.45, 7) is 10.2. The largest absolute Gasteiger partial charge is 0.505 e. The molecule has 0 fully saturated rings. The zero-order valence-corrected chi connectivity index (χ0v) is 14.1. The van der Waals surface area contributed by atoms with E-state index in [4.69, 9.17) is 4.74 Å². The molecule has 0 unspecified atom stereocenters. The minimum absolute atomic E-state index is 0.0263. The number of fused-ring (bicyclic) bond motifs is 1. The molecule has 1 heterocycles. The van der Waals surface area contributed by atoms with Crippen LogP contribution >= 0.6 is 0 Å². The van der Waals surface area contributed by atoms with Crippen LogP contribution in [0.4, 0.5) is 0 Å². The Morgan fingerprint density at radius 2 is 2.00 bits per heavy atom. The first-order valence-corrected chi connectivity index (χ1v) is 7.80. The van der Waals surface area contributed by atoms with E-state index in [0.29, 0.717) is 6.54 Å². The van der Waals surface area contributed by atoms with Gasteiger partial charge in [-0.3, -0.25) is 0 Å². The summed E-state index contributed by atoms with van der Waals surface area (Å²) in [5.41, 5.74) is 1.50. The Morgan fingerprint density at radius 3 is 2.59 bits per heavy atom. The molecule has 0 aliphatic carbocycles. The van der Waals surface area contributed by atoms with Gasteiger partial charge in [0.25, 0.3) is 0 Å². The first-order chi connectivity index (χ1) is 10.3. The van der Waals surface area contributed by atoms with Crippen LogP contribution in [-0.4, -0.2) is 21.2 Å². The molecule has 0 spiro atoms. The summed E-state index contributed by atoms with van der Waals surface area (Å²) in [6.07, 6.45) is 1.95. The molecular formula is C18H25NO3. The Hall–Kier alpha value is -1.97. The molecule has 4 nitrogen and oxygen atoms in total. The van der Waals surface area contributed by atoms with Gasteiger partial charge in [-0.2, -0.15) is 0 Å². The van der Waals surface area contributed by atoms with Crippen LogP contribution in [0, 0.1) is 6.92 Å². The Balaban J connectivity index is 2.63. The van der Waals surface area contributed by atoms with Crippen molar-refractivity contribution in [2.45, 2.75) is 59.6 Å². The minimum atomic E-state index is -0.593. The highest BCUT2D eigenvalue weighted by Crippen LogP contribution is 2.35. The number of aromatic nitrogens is 1. The van der Waals surface area contributed by atoms with E-state index in [-0.39, 0.29) is 11.4 Å². The van der Waals surface area contributed by atoms with E-state index in [2.05, 4.69) is 6.92 Å². The van der Waals surface area contributed by atoms with E-state index >= 15 is 0 Å². The number of benzene rings is 1. The number of nitrogens with zero attached hydrogens (tertiary/aromatic N) is 1. The number of carbonyl (C=O) groups is 1. The lowest BCUT2D eigenvalue weighted by atomic mass is 10.1. The lowest BCUT2D eigenvalue weighted by Crippen LogP contribution is -2.25. The minimum Gasteiger partial charge on any atom is -0.505 e. The first kappa shape index (κ1) is 16.4. The van der Waals surface area contributed by atoms with E-state index in [1.807, 2.05) is 50.5 Å².